The van der Waals surface area contributed by atoms with E-state index in [4.69, 9.17) is 4.42 Å². The normalized spacial score (nSPS) is 13.4. The van der Waals surface area contributed by atoms with E-state index < -0.39 is 0 Å². The third kappa shape index (κ3) is 5.85. The van der Waals surface area contributed by atoms with Crippen molar-refractivity contribution in [2.75, 3.05) is 11.9 Å². The summed E-state index contributed by atoms with van der Waals surface area (Å²) in [7, 11) is 0. The lowest BCUT2D eigenvalue weighted by atomic mass is 10.2. The molecule has 0 atom stereocenters. The van der Waals surface area contributed by atoms with Gasteiger partial charge in [-0.1, -0.05) is 23.9 Å². The van der Waals surface area contributed by atoms with E-state index in [0.29, 0.717) is 47.3 Å². The van der Waals surface area contributed by atoms with Gasteiger partial charge in [-0.25, -0.2) is 9.37 Å². The van der Waals surface area contributed by atoms with Gasteiger partial charge >= 0.3 is 0 Å². The molecule has 1 saturated carbocycles. The van der Waals surface area contributed by atoms with Gasteiger partial charge in [0.1, 0.15) is 11.6 Å². The SMILES string of the molecule is O=C(CCNC1CC1)Nc1cc(-c2nnc(SCc3cccc(F)c3)o2)ccn1. The molecule has 1 fully saturated rings. The molecule has 0 saturated heterocycles. The monoisotopic (exact) mass is 413 g/mol. The number of anilines is 1. The van der Waals surface area contributed by atoms with E-state index in [1.54, 1.807) is 24.4 Å². The zero-order valence-corrected chi connectivity index (χ0v) is 16.4. The number of nitrogens with zero attached hydrogens (tertiary/aromatic N) is 3. The van der Waals surface area contributed by atoms with Crippen LogP contribution in [0.25, 0.3) is 11.5 Å². The first kappa shape index (κ1) is 19.5. The number of hydrogen-bond donors (Lipinski definition) is 2. The summed E-state index contributed by atoms with van der Waals surface area (Å²) in [5.41, 5.74) is 1.50. The number of benzene rings is 1. The van der Waals surface area contributed by atoms with Crippen LogP contribution in [0, 0.1) is 5.82 Å². The van der Waals surface area contributed by atoms with Crippen LogP contribution < -0.4 is 10.6 Å². The fraction of sp³-hybridized carbons (Fsp3) is 0.300. The van der Waals surface area contributed by atoms with E-state index in [-0.39, 0.29) is 11.7 Å². The van der Waals surface area contributed by atoms with Crippen molar-refractivity contribution in [2.24, 2.45) is 0 Å². The van der Waals surface area contributed by atoms with Gasteiger partial charge in [-0.3, -0.25) is 4.79 Å². The average Bonchev–Trinajstić information content (AvgIpc) is 3.41. The van der Waals surface area contributed by atoms with Gasteiger partial charge in [0.15, 0.2) is 0 Å². The predicted molar refractivity (Wildman–Crippen MR) is 108 cm³/mol. The smallest absolute Gasteiger partial charge is 0.277 e. The minimum atomic E-state index is -0.274. The number of carbonyl (C=O) groups excluding carboxylic acids is 1. The first-order valence-electron chi connectivity index (χ1n) is 9.36. The maximum atomic E-state index is 13.3. The highest BCUT2D eigenvalue weighted by molar-refractivity contribution is 7.98. The molecule has 4 rings (SSSR count). The molecule has 2 aromatic heterocycles. The zero-order valence-electron chi connectivity index (χ0n) is 15.6. The number of pyridine rings is 1. The average molecular weight is 413 g/mol. The first-order chi connectivity index (χ1) is 14.2. The summed E-state index contributed by atoms with van der Waals surface area (Å²) in [6, 6.07) is 10.4. The van der Waals surface area contributed by atoms with Crippen LogP contribution in [0.3, 0.4) is 0 Å². The Bertz CT molecular complexity index is 992. The van der Waals surface area contributed by atoms with Gasteiger partial charge in [-0.15, -0.1) is 10.2 Å². The van der Waals surface area contributed by atoms with Gasteiger partial charge in [-0.2, -0.15) is 0 Å². The summed E-state index contributed by atoms with van der Waals surface area (Å²) >= 11 is 1.33. The van der Waals surface area contributed by atoms with Crippen molar-refractivity contribution < 1.29 is 13.6 Å². The predicted octanol–water partition coefficient (Wildman–Crippen LogP) is 3.64. The fourth-order valence-corrected chi connectivity index (χ4v) is 3.38. The first-order valence-corrected chi connectivity index (χ1v) is 10.3. The number of rotatable bonds is 9. The largest absolute Gasteiger partial charge is 0.411 e. The van der Waals surface area contributed by atoms with Gasteiger partial charge in [0.05, 0.1) is 0 Å². The molecule has 3 aromatic rings. The molecule has 1 aromatic carbocycles. The molecule has 2 N–H and O–H groups in total. The molecule has 0 bridgehead atoms. The summed E-state index contributed by atoms with van der Waals surface area (Å²) in [4.78, 5) is 16.2. The van der Waals surface area contributed by atoms with Gasteiger partial charge < -0.3 is 15.1 Å². The van der Waals surface area contributed by atoms with Crippen LogP contribution in [0.2, 0.25) is 0 Å². The van der Waals surface area contributed by atoms with Gasteiger partial charge in [-0.05, 0) is 42.7 Å². The van der Waals surface area contributed by atoms with Crippen molar-refractivity contribution in [2.45, 2.75) is 36.3 Å². The third-order valence-corrected chi connectivity index (χ3v) is 5.18. The topological polar surface area (TPSA) is 92.9 Å². The van der Waals surface area contributed by atoms with Crippen LogP contribution in [0.1, 0.15) is 24.8 Å². The van der Waals surface area contributed by atoms with Crippen molar-refractivity contribution >= 4 is 23.5 Å². The quantitative estimate of drug-likeness (QED) is 0.517. The molecule has 1 aliphatic carbocycles. The van der Waals surface area contributed by atoms with Crippen molar-refractivity contribution in [3.63, 3.8) is 0 Å². The maximum Gasteiger partial charge on any atom is 0.277 e. The number of amides is 1. The minimum Gasteiger partial charge on any atom is -0.411 e. The van der Waals surface area contributed by atoms with Crippen LogP contribution in [0.15, 0.2) is 52.2 Å². The van der Waals surface area contributed by atoms with Crippen LogP contribution in [0.5, 0.6) is 0 Å². The number of halogens is 1. The summed E-state index contributed by atoms with van der Waals surface area (Å²) in [5, 5.41) is 14.5. The van der Waals surface area contributed by atoms with Gasteiger partial charge in [0, 0.05) is 36.5 Å². The molecular formula is C20H20FN5O2S. The van der Waals surface area contributed by atoms with Gasteiger partial charge in [0.2, 0.25) is 11.8 Å². The molecule has 7 nitrogen and oxygen atoms in total. The standard InChI is InChI=1S/C20H20FN5O2S/c21-15-3-1-2-13(10-15)12-29-20-26-25-19(28-20)14-6-8-23-17(11-14)24-18(27)7-9-22-16-4-5-16/h1-3,6,8,10-11,16,22H,4-5,7,9,12H2,(H,23,24,27). The Morgan fingerprint density at radius 1 is 1.24 bits per heavy atom. The molecule has 2 heterocycles. The summed E-state index contributed by atoms with van der Waals surface area (Å²) < 4.78 is 18.9. The summed E-state index contributed by atoms with van der Waals surface area (Å²) in [6.07, 6.45) is 4.36. The zero-order chi connectivity index (χ0) is 20.1. The Morgan fingerprint density at radius 3 is 2.97 bits per heavy atom. The Balaban J connectivity index is 1.33. The number of nitrogens with one attached hydrogen (secondary N) is 2. The van der Waals surface area contributed by atoms with Crippen molar-refractivity contribution in [1.82, 2.24) is 20.5 Å². The lowest BCUT2D eigenvalue weighted by Gasteiger charge is -2.05. The van der Waals surface area contributed by atoms with Crippen LogP contribution in [-0.2, 0) is 10.5 Å². The number of carbonyl (C=O) groups is 1. The number of aromatic nitrogens is 3. The molecule has 0 unspecified atom stereocenters. The molecule has 1 aliphatic rings. The van der Waals surface area contributed by atoms with Crippen LogP contribution in [-0.4, -0.2) is 33.7 Å². The van der Waals surface area contributed by atoms with Crippen molar-refractivity contribution in [1.29, 1.82) is 0 Å². The molecule has 0 radical (unpaired) electrons. The second-order valence-electron chi connectivity index (χ2n) is 6.75. The highest BCUT2D eigenvalue weighted by Crippen LogP contribution is 2.26. The highest BCUT2D eigenvalue weighted by atomic mass is 32.2. The lowest BCUT2D eigenvalue weighted by molar-refractivity contribution is -0.116. The van der Waals surface area contributed by atoms with Crippen LogP contribution >= 0.6 is 11.8 Å². The van der Waals surface area contributed by atoms with E-state index in [0.717, 1.165) is 5.56 Å². The van der Waals surface area contributed by atoms with Crippen LogP contribution in [0.4, 0.5) is 10.2 Å². The Labute approximate surface area is 171 Å². The Kier molecular flexibility index (Phi) is 6.16. The molecule has 150 valence electrons. The second-order valence-corrected chi connectivity index (χ2v) is 7.67. The Morgan fingerprint density at radius 2 is 2.14 bits per heavy atom. The highest BCUT2D eigenvalue weighted by Gasteiger charge is 2.20. The molecule has 0 aliphatic heterocycles. The van der Waals surface area contributed by atoms with E-state index in [9.17, 15) is 9.18 Å². The van der Waals surface area contributed by atoms with Crippen molar-refractivity contribution in [3.05, 3.63) is 54.0 Å². The van der Waals surface area contributed by atoms with E-state index >= 15 is 0 Å². The minimum absolute atomic E-state index is 0.0975. The van der Waals surface area contributed by atoms with Crippen molar-refractivity contribution in [3.8, 4) is 11.5 Å². The summed E-state index contributed by atoms with van der Waals surface area (Å²) in [6.45, 7) is 0.658. The molecule has 0 spiro atoms. The number of hydrogen-bond acceptors (Lipinski definition) is 7. The molecule has 1 amide bonds. The van der Waals surface area contributed by atoms with E-state index in [1.165, 1.54) is 36.7 Å². The summed E-state index contributed by atoms with van der Waals surface area (Å²) in [5.74, 6) is 0.918. The maximum absolute atomic E-state index is 13.3. The Hall–Kier alpha value is -2.78. The number of thioether (sulfide) groups is 1. The molecular weight excluding hydrogens is 393 g/mol. The lowest BCUT2D eigenvalue weighted by Crippen LogP contribution is -2.23. The second kappa shape index (κ2) is 9.15. The van der Waals surface area contributed by atoms with E-state index in [2.05, 4.69) is 25.8 Å². The molecule has 29 heavy (non-hydrogen) atoms. The van der Waals surface area contributed by atoms with Gasteiger partial charge in [0.25, 0.3) is 5.22 Å². The third-order valence-electron chi connectivity index (χ3n) is 4.29. The fourth-order valence-electron chi connectivity index (χ4n) is 2.67. The van der Waals surface area contributed by atoms with E-state index in [1.807, 2.05) is 6.07 Å². The molecule has 9 heteroatoms.